The molecule has 1 unspecified atom stereocenters. The van der Waals surface area contributed by atoms with Crippen LogP contribution in [0.25, 0.3) is 0 Å². The number of imidazole rings is 1. The van der Waals surface area contributed by atoms with Crippen LogP contribution in [0.15, 0.2) is 30.4 Å². The van der Waals surface area contributed by atoms with Gasteiger partial charge in [-0.3, -0.25) is 0 Å². The van der Waals surface area contributed by atoms with E-state index in [2.05, 4.69) is 4.98 Å². The highest BCUT2D eigenvalue weighted by Gasteiger charge is 2.07. The van der Waals surface area contributed by atoms with Gasteiger partial charge in [0, 0.05) is 11.8 Å². The predicted octanol–water partition coefficient (Wildman–Crippen LogP) is 0.165. The van der Waals surface area contributed by atoms with Gasteiger partial charge in [0.05, 0.1) is 12.3 Å². The van der Waals surface area contributed by atoms with Crippen LogP contribution in [0.5, 0.6) is 0 Å². The second-order valence-corrected chi connectivity index (χ2v) is 2.89. The highest BCUT2D eigenvalue weighted by Crippen LogP contribution is 1.97. The summed E-state index contributed by atoms with van der Waals surface area (Å²) in [6.07, 6.45) is 5.13. The Labute approximate surface area is 81.6 Å². The number of hydrogen-bond acceptors (Lipinski definition) is 4. The molecule has 0 aliphatic carbocycles. The third-order valence-electron chi connectivity index (χ3n) is 1.48. The Morgan fingerprint density at radius 1 is 1.71 bits per heavy atom. The molecule has 1 atom stereocenters. The van der Waals surface area contributed by atoms with Gasteiger partial charge in [0.15, 0.2) is 0 Å². The van der Waals surface area contributed by atoms with E-state index in [4.69, 9.17) is 9.94 Å². The quantitative estimate of drug-likeness (QED) is 0.700. The zero-order chi connectivity index (χ0) is 10.6. The van der Waals surface area contributed by atoms with Crippen LogP contribution in [-0.2, 0) is 4.79 Å². The molecule has 0 spiro atoms. The van der Waals surface area contributed by atoms with E-state index in [-0.39, 0.29) is 0 Å². The van der Waals surface area contributed by atoms with Gasteiger partial charge in [0.25, 0.3) is 0 Å². The molecule has 0 saturated carbocycles. The van der Waals surface area contributed by atoms with Gasteiger partial charge in [-0.15, -0.1) is 0 Å². The van der Waals surface area contributed by atoms with E-state index in [1.165, 1.54) is 29.5 Å². The van der Waals surface area contributed by atoms with Crippen molar-refractivity contribution in [1.29, 1.82) is 0 Å². The van der Waals surface area contributed by atoms with E-state index in [0.717, 1.165) is 0 Å². The van der Waals surface area contributed by atoms with Crippen LogP contribution in [0.4, 0.5) is 0 Å². The van der Waals surface area contributed by atoms with Gasteiger partial charge in [-0.05, 0) is 19.9 Å². The summed E-state index contributed by atoms with van der Waals surface area (Å²) in [6, 6.07) is 0. The van der Waals surface area contributed by atoms with Gasteiger partial charge < -0.3 is 9.94 Å². The molecule has 0 amide bonds. The summed E-state index contributed by atoms with van der Waals surface area (Å²) < 4.78 is 1.20. The number of aliphatic hydroxyl groups is 1. The zero-order valence-electron chi connectivity index (χ0n) is 8.04. The van der Waals surface area contributed by atoms with Crippen molar-refractivity contribution < 1.29 is 14.7 Å². The van der Waals surface area contributed by atoms with E-state index < -0.39 is 12.1 Å². The SMILES string of the molecule is C/C(=C\C(C)O)C(=O)On1ccnc1. The first-order valence-electron chi connectivity index (χ1n) is 4.16. The van der Waals surface area contributed by atoms with Crippen LogP contribution >= 0.6 is 0 Å². The average Bonchev–Trinajstić information content (AvgIpc) is 2.55. The average molecular weight is 196 g/mol. The Morgan fingerprint density at radius 3 is 2.93 bits per heavy atom. The lowest BCUT2D eigenvalue weighted by atomic mass is 10.2. The molecule has 1 heterocycles. The van der Waals surface area contributed by atoms with Gasteiger partial charge in [-0.25, -0.2) is 9.78 Å². The Kier molecular flexibility index (Phi) is 3.41. The lowest BCUT2D eigenvalue weighted by molar-refractivity contribution is -0.139. The second kappa shape index (κ2) is 4.57. The van der Waals surface area contributed by atoms with Gasteiger partial charge in [-0.1, -0.05) is 0 Å². The van der Waals surface area contributed by atoms with Crippen LogP contribution in [-0.4, -0.2) is 26.9 Å². The number of hydrogen-bond donors (Lipinski definition) is 1. The van der Waals surface area contributed by atoms with E-state index in [1.54, 1.807) is 13.8 Å². The number of aliphatic hydroxyl groups excluding tert-OH is 1. The van der Waals surface area contributed by atoms with Gasteiger partial charge in [-0.2, -0.15) is 4.73 Å². The molecule has 1 aromatic rings. The molecule has 1 aromatic heterocycles. The topological polar surface area (TPSA) is 64.3 Å². The number of carbonyl (C=O) groups is 1. The molecule has 14 heavy (non-hydrogen) atoms. The van der Waals surface area contributed by atoms with Crippen molar-refractivity contribution in [3.63, 3.8) is 0 Å². The van der Waals surface area contributed by atoms with Crippen LogP contribution in [0, 0.1) is 0 Å². The summed E-state index contributed by atoms with van der Waals surface area (Å²) in [5.41, 5.74) is 0.355. The minimum atomic E-state index is -0.662. The van der Waals surface area contributed by atoms with Crippen LogP contribution in [0.1, 0.15) is 13.8 Å². The molecule has 0 aliphatic heterocycles. The molecule has 0 radical (unpaired) electrons. The fourth-order valence-corrected chi connectivity index (χ4v) is 0.898. The Morgan fingerprint density at radius 2 is 2.43 bits per heavy atom. The summed E-state index contributed by atoms with van der Waals surface area (Å²) in [5.74, 6) is -0.510. The molecule has 0 aliphatic rings. The normalized spacial score (nSPS) is 13.8. The van der Waals surface area contributed by atoms with Crippen molar-refractivity contribution in [1.82, 2.24) is 9.71 Å². The summed E-state index contributed by atoms with van der Waals surface area (Å²) in [7, 11) is 0. The first-order valence-corrected chi connectivity index (χ1v) is 4.16. The zero-order valence-corrected chi connectivity index (χ0v) is 8.04. The molecule has 0 fully saturated rings. The van der Waals surface area contributed by atoms with Crippen LogP contribution in [0.2, 0.25) is 0 Å². The number of aromatic nitrogens is 2. The van der Waals surface area contributed by atoms with Gasteiger partial charge in [0.2, 0.25) is 0 Å². The van der Waals surface area contributed by atoms with Crippen molar-refractivity contribution in [3.05, 3.63) is 30.4 Å². The van der Waals surface area contributed by atoms with Gasteiger partial charge in [0.1, 0.15) is 6.33 Å². The molecule has 76 valence electrons. The molecule has 0 saturated heterocycles. The summed E-state index contributed by atoms with van der Waals surface area (Å²) >= 11 is 0. The lowest BCUT2D eigenvalue weighted by Crippen LogP contribution is -2.19. The smallest absolute Gasteiger partial charge is 0.359 e. The molecular weight excluding hydrogens is 184 g/mol. The fourth-order valence-electron chi connectivity index (χ4n) is 0.898. The Bertz CT molecular complexity index is 328. The molecule has 1 rings (SSSR count). The number of nitrogens with zero attached hydrogens (tertiary/aromatic N) is 2. The summed E-state index contributed by atoms with van der Waals surface area (Å²) in [4.78, 5) is 19.9. The van der Waals surface area contributed by atoms with Crippen molar-refractivity contribution in [2.24, 2.45) is 0 Å². The van der Waals surface area contributed by atoms with Crippen molar-refractivity contribution in [2.45, 2.75) is 20.0 Å². The summed E-state index contributed by atoms with van der Waals surface area (Å²) in [5, 5.41) is 8.99. The summed E-state index contributed by atoms with van der Waals surface area (Å²) in [6.45, 7) is 3.14. The molecule has 0 bridgehead atoms. The largest absolute Gasteiger partial charge is 0.389 e. The maximum Gasteiger partial charge on any atom is 0.359 e. The maximum absolute atomic E-state index is 11.3. The van der Waals surface area contributed by atoms with Crippen LogP contribution < -0.4 is 4.84 Å². The minimum Gasteiger partial charge on any atom is -0.389 e. The number of carbonyl (C=O) groups excluding carboxylic acids is 1. The van der Waals surface area contributed by atoms with Crippen LogP contribution in [0.3, 0.4) is 0 Å². The van der Waals surface area contributed by atoms with Crippen molar-refractivity contribution >= 4 is 5.97 Å². The van der Waals surface area contributed by atoms with Crippen molar-refractivity contribution in [2.75, 3.05) is 0 Å². The fraction of sp³-hybridized carbons (Fsp3) is 0.333. The maximum atomic E-state index is 11.3. The molecule has 5 heteroatoms. The monoisotopic (exact) mass is 196 g/mol. The van der Waals surface area contributed by atoms with Crippen molar-refractivity contribution in [3.8, 4) is 0 Å². The van der Waals surface area contributed by atoms with E-state index >= 15 is 0 Å². The first kappa shape index (κ1) is 10.5. The predicted molar refractivity (Wildman–Crippen MR) is 49.3 cm³/mol. The third-order valence-corrected chi connectivity index (χ3v) is 1.48. The minimum absolute atomic E-state index is 0.355. The standard InChI is InChI=1S/C9H12N2O3/c1-7(5-8(2)12)9(13)14-11-4-3-10-6-11/h3-6,8,12H,1-2H3/b7-5+. The highest BCUT2D eigenvalue weighted by atomic mass is 16.7. The van der Waals surface area contributed by atoms with E-state index in [9.17, 15) is 4.79 Å². The van der Waals surface area contributed by atoms with E-state index in [0.29, 0.717) is 5.57 Å². The molecular formula is C9H12N2O3. The first-order chi connectivity index (χ1) is 6.59. The lowest BCUT2D eigenvalue weighted by Gasteiger charge is -2.04. The van der Waals surface area contributed by atoms with Gasteiger partial charge >= 0.3 is 5.97 Å². The Hall–Kier alpha value is -1.62. The third kappa shape index (κ3) is 3.02. The van der Waals surface area contributed by atoms with E-state index in [1.807, 2.05) is 0 Å². The number of rotatable bonds is 3. The Balaban J connectivity index is 2.59. The molecule has 0 aromatic carbocycles. The highest BCUT2D eigenvalue weighted by molar-refractivity contribution is 5.88. The molecule has 1 N–H and O–H groups in total. The second-order valence-electron chi connectivity index (χ2n) is 2.89. The molecule has 5 nitrogen and oxygen atoms in total.